The second-order valence-electron chi connectivity index (χ2n) is 6.39. The summed E-state index contributed by atoms with van der Waals surface area (Å²) in [7, 11) is 0. The molecule has 2 N–H and O–H groups in total. The summed E-state index contributed by atoms with van der Waals surface area (Å²) in [4.78, 5) is 11.8. The molecule has 0 spiro atoms. The Morgan fingerprint density at radius 2 is 2.00 bits per heavy atom. The van der Waals surface area contributed by atoms with Gasteiger partial charge in [0.2, 0.25) is 5.91 Å². The summed E-state index contributed by atoms with van der Waals surface area (Å²) in [5.74, 6) is 1.12. The van der Waals surface area contributed by atoms with Gasteiger partial charge in [-0.2, -0.15) is 0 Å². The Bertz CT molecular complexity index is 507. The van der Waals surface area contributed by atoms with Crippen molar-refractivity contribution in [3.05, 3.63) is 24.3 Å². The Morgan fingerprint density at radius 1 is 1.33 bits per heavy atom. The van der Waals surface area contributed by atoms with Crippen LogP contribution in [0, 0.1) is 11.3 Å². The number of hydrogen-bond donors (Lipinski definition) is 2. The van der Waals surface area contributed by atoms with Gasteiger partial charge in [0.15, 0.2) is 5.11 Å². The van der Waals surface area contributed by atoms with Crippen LogP contribution in [-0.2, 0) is 4.79 Å². The predicted molar refractivity (Wildman–Crippen MR) is 90.6 cm³/mol. The van der Waals surface area contributed by atoms with Gasteiger partial charge in [0, 0.05) is 17.2 Å². The van der Waals surface area contributed by atoms with Gasteiger partial charge in [0.25, 0.3) is 0 Å². The standard InChI is InChI=1S/C16H24N2O2S/c1-11(2)10-20-13-8-6-7-12(9-13)17-15(21)18-14(19)16(3,4)5/h6-9,11H,10H2,1-5H3,(H2,17,18,19,21). The first-order chi connectivity index (χ1) is 9.68. The number of ether oxygens (including phenoxy) is 1. The Kier molecular flexibility index (Phi) is 6.15. The van der Waals surface area contributed by atoms with Crippen LogP contribution in [0.4, 0.5) is 5.69 Å². The van der Waals surface area contributed by atoms with Gasteiger partial charge >= 0.3 is 0 Å². The molecule has 0 heterocycles. The van der Waals surface area contributed by atoms with Crippen LogP contribution in [0.1, 0.15) is 34.6 Å². The molecular formula is C16H24N2O2S. The lowest BCUT2D eigenvalue weighted by Crippen LogP contribution is -2.41. The Labute approximate surface area is 132 Å². The van der Waals surface area contributed by atoms with Crippen molar-refractivity contribution in [3.8, 4) is 5.75 Å². The number of carbonyl (C=O) groups is 1. The quantitative estimate of drug-likeness (QED) is 0.835. The fourth-order valence-corrected chi connectivity index (χ4v) is 1.59. The second-order valence-corrected chi connectivity index (χ2v) is 6.80. The van der Waals surface area contributed by atoms with Crippen LogP contribution >= 0.6 is 12.2 Å². The van der Waals surface area contributed by atoms with Crippen molar-refractivity contribution >= 4 is 28.9 Å². The summed E-state index contributed by atoms with van der Waals surface area (Å²) >= 11 is 5.15. The number of benzene rings is 1. The van der Waals surface area contributed by atoms with Crippen LogP contribution in [0.3, 0.4) is 0 Å². The minimum atomic E-state index is -0.478. The SMILES string of the molecule is CC(C)COc1cccc(NC(=S)NC(=O)C(C)(C)C)c1. The molecule has 0 saturated carbocycles. The topological polar surface area (TPSA) is 50.4 Å². The molecule has 0 aliphatic heterocycles. The number of amides is 1. The number of carbonyl (C=O) groups excluding carboxylic acids is 1. The average Bonchev–Trinajstić information content (AvgIpc) is 2.35. The number of hydrogen-bond acceptors (Lipinski definition) is 3. The summed E-state index contributed by atoms with van der Waals surface area (Å²) in [6.45, 7) is 10.4. The van der Waals surface area contributed by atoms with E-state index < -0.39 is 5.41 Å². The molecule has 0 saturated heterocycles. The van der Waals surface area contributed by atoms with Crippen LogP contribution in [0.15, 0.2) is 24.3 Å². The van der Waals surface area contributed by atoms with E-state index in [0.29, 0.717) is 12.5 Å². The lowest BCUT2D eigenvalue weighted by atomic mass is 9.96. The molecule has 0 bridgehead atoms. The third-order valence-corrected chi connectivity index (χ3v) is 2.79. The van der Waals surface area contributed by atoms with Crippen molar-refractivity contribution in [2.45, 2.75) is 34.6 Å². The van der Waals surface area contributed by atoms with E-state index in [4.69, 9.17) is 17.0 Å². The fourth-order valence-electron chi connectivity index (χ4n) is 1.38. The van der Waals surface area contributed by atoms with E-state index in [1.165, 1.54) is 0 Å². The third kappa shape index (κ3) is 6.58. The minimum absolute atomic E-state index is 0.118. The van der Waals surface area contributed by atoms with E-state index in [-0.39, 0.29) is 11.0 Å². The summed E-state index contributed by atoms with van der Waals surface area (Å²) in [5.41, 5.74) is 0.309. The van der Waals surface area contributed by atoms with Gasteiger partial charge in [-0.1, -0.05) is 40.7 Å². The van der Waals surface area contributed by atoms with E-state index in [1.807, 2.05) is 45.0 Å². The molecule has 5 heteroatoms. The molecule has 1 rings (SSSR count). The van der Waals surface area contributed by atoms with E-state index in [9.17, 15) is 4.79 Å². The highest BCUT2D eigenvalue weighted by atomic mass is 32.1. The number of rotatable bonds is 4. The number of anilines is 1. The first-order valence-electron chi connectivity index (χ1n) is 7.04. The Morgan fingerprint density at radius 3 is 2.57 bits per heavy atom. The monoisotopic (exact) mass is 308 g/mol. The van der Waals surface area contributed by atoms with Crippen LogP contribution in [0.2, 0.25) is 0 Å². The number of thiocarbonyl (C=S) groups is 1. The maximum absolute atomic E-state index is 11.8. The summed E-state index contributed by atoms with van der Waals surface area (Å²) < 4.78 is 5.65. The van der Waals surface area contributed by atoms with Gasteiger partial charge in [-0.3, -0.25) is 4.79 Å². The van der Waals surface area contributed by atoms with E-state index in [1.54, 1.807) is 0 Å². The van der Waals surface area contributed by atoms with Crippen molar-refractivity contribution in [1.29, 1.82) is 0 Å². The van der Waals surface area contributed by atoms with E-state index >= 15 is 0 Å². The van der Waals surface area contributed by atoms with E-state index in [0.717, 1.165) is 11.4 Å². The van der Waals surface area contributed by atoms with Gasteiger partial charge < -0.3 is 15.4 Å². The maximum Gasteiger partial charge on any atom is 0.231 e. The highest BCUT2D eigenvalue weighted by Crippen LogP contribution is 2.18. The zero-order valence-corrected chi connectivity index (χ0v) is 14.1. The van der Waals surface area contributed by atoms with Crippen LogP contribution in [-0.4, -0.2) is 17.6 Å². The first-order valence-corrected chi connectivity index (χ1v) is 7.44. The lowest BCUT2D eigenvalue weighted by molar-refractivity contribution is -0.126. The van der Waals surface area contributed by atoms with Gasteiger partial charge in [-0.15, -0.1) is 0 Å². The number of nitrogens with one attached hydrogen (secondary N) is 2. The molecule has 116 valence electrons. The summed E-state index contributed by atoms with van der Waals surface area (Å²) in [6.07, 6.45) is 0. The predicted octanol–water partition coefficient (Wildman–Crippen LogP) is 3.58. The summed E-state index contributed by atoms with van der Waals surface area (Å²) in [6, 6.07) is 7.51. The molecule has 0 aromatic heterocycles. The highest BCUT2D eigenvalue weighted by molar-refractivity contribution is 7.80. The van der Waals surface area contributed by atoms with Crippen LogP contribution < -0.4 is 15.4 Å². The molecule has 0 unspecified atom stereocenters. The van der Waals surface area contributed by atoms with Gasteiger partial charge in [-0.25, -0.2) is 0 Å². The molecule has 4 nitrogen and oxygen atoms in total. The average molecular weight is 308 g/mol. The Balaban J connectivity index is 2.60. The Hall–Kier alpha value is -1.62. The van der Waals surface area contributed by atoms with Crippen LogP contribution in [0.5, 0.6) is 5.75 Å². The molecule has 1 amide bonds. The third-order valence-electron chi connectivity index (χ3n) is 2.58. The molecule has 0 atom stereocenters. The molecule has 0 aliphatic carbocycles. The van der Waals surface area contributed by atoms with Gasteiger partial charge in [0.1, 0.15) is 5.75 Å². The summed E-state index contributed by atoms with van der Waals surface area (Å²) in [5, 5.41) is 5.96. The highest BCUT2D eigenvalue weighted by Gasteiger charge is 2.21. The molecule has 21 heavy (non-hydrogen) atoms. The van der Waals surface area contributed by atoms with E-state index in [2.05, 4.69) is 24.5 Å². The smallest absolute Gasteiger partial charge is 0.231 e. The minimum Gasteiger partial charge on any atom is -0.493 e. The maximum atomic E-state index is 11.8. The van der Waals surface area contributed by atoms with Crippen molar-refractivity contribution in [2.24, 2.45) is 11.3 Å². The van der Waals surface area contributed by atoms with Crippen molar-refractivity contribution in [3.63, 3.8) is 0 Å². The van der Waals surface area contributed by atoms with Crippen molar-refractivity contribution < 1.29 is 9.53 Å². The molecule has 0 radical (unpaired) electrons. The normalized spacial score (nSPS) is 11.1. The van der Waals surface area contributed by atoms with Gasteiger partial charge in [-0.05, 0) is 30.3 Å². The first kappa shape index (κ1) is 17.4. The molecule has 1 aromatic carbocycles. The van der Waals surface area contributed by atoms with Crippen molar-refractivity contribution in [1.82, 2.24) is 5.32 Å². The molecule has 1 aromatic rings. The van der Waals surface area contributed by atoms with Crippen LogP contribution in [0.25, 0.3) is 0 Å². The lowest BCUT2D eigenvalue weighted by Gasteiger charge is -2.18. The van der Waals surface area contributed by atoms with Crippen molar-refractivity contribution in [2.75, 3.05) is 11.9 Å². The largest absolute Gasteiger partial charge is 0.493 e. The van der Waals surface area contributed by atoms with Gasteiger partial charge in [0.05, 0.1) is 6.61 Å². The fraction of sp³-hybridized carbons (Fsp3) is 0.500. The molecule has 0 aliphatic rings. The molecule has 0 fully saturated rings. The zero-order chi connectivity index (χ0) is 16.0. The zero-order valence-electron chi connectivity index (χ0n) is 13.3. The molecular weight excluding hydrogens is 284 g/mol. The second kappa shape index (κ2) is 7.41.